The Kier molecular flexibility index (Phi) is 6.77. The summed E-state index contributed by atoms with van der Waals surface area (Å²) >= 11 is 1.56. The fourth-order valence-electron chi connectivity index (χ4n) is 4.40. The molecule has 0 spiro atoms. The molecule has 0 unspecified atom stereocenters. The number of rotatable bonds is 7. The van der Waals surface area contributed by atoms with Gasteiger partial charge >= 0.3 is 0 Å². The molecule has 0 aliphatic heterocycles. The van der Waals surface area contributed by atoms with Gasteiger partial charge in [0, 0.05) is 17.4 Å². The van der Waals surface area contributed by atoms with Gasteiger partial charge in [-0.05, 0) is 48.2 Å². The quantitative estimate of drug-likeness (QED) is 0.290. The second-order valence-electron chi connectivity index (χ2n) is 8.73. The number of nitrogens with zero attached hydrogens (tertiary/aromatic N) is 2. The molecule has 1 aliphatic rings. The van der Waals surface area contributed by atoms with E-state index in [1.165, 1.54) is 18.4 Å². The number of para-hydroxylation sites is 1. The van der Waals surface area contributed by atoms with Crippen molar-refractivity contribution in [3.05, 3.63) is 106 Å². The standard InChI is InChI=1S/C28H27N3O2S/c32-26(29-23-10-4-5-11-23)22-16-14-20(15-17-22)18-31-27(33)24-12-6-7-13-25(24)30-28(31)34-19-21-8-2-1-3-9-21/h1-3,6-9,12-17,23H,4-5,10-11,18-19H2,(H,29,32). The van der Waals surface area contributed by atoms with E-state index in [0.717, 1.165) is 24.2 Å². The van der Waals surface area contributed by atoms with Crippen molar-refractivity contribution in [3.8, 4) is 0 Å². The molecule has 6 heteroatoms. The minimum absolute atomic E-state index is 0.0258. The van der Waals surface area contributed by atoms with Gasteiger partial charge in [-0.25, -0.2) is 4.98 Å². The van der Waals surface area contributed by atoms with Crippen LogP contribution in [-0.2, 0) is 12.3 Å². The zero-order chi connectivity index (χ0) is 23.3. The normalized spacial score (nSPS) is 13.9. The molecule has 1 aliphatic carbocycles. The van der Waals surface area contributed by atoms with Crippen LogP contribution in [0.25, 0.3) is 10.9 Å². The second kappa shape index (κ2) is 10.3. The van der Waals surface area contributed by atoms with Gasteiger partial charge in [0.25, 0.3) is 11.5 Å². The van der Waals surface area contributed by atoms with Crippen molar-refractivity contribution in [2.24, 2.45) is 0 Å². The number of carbonyl (C=O) groups is 1. The molecule has 5 nitrogen and oxygen atoms in total. The first-order valence-electron chi connectivity index (χ1n) is 11.7. The molecule has 1 fully saturated rings. The van der Waals surface area contributed by atoms with Crippen LogP contribution in [0.4, 0.5) is 0 Å². The summed E-state index contributed by atoms with van der Waals surface area (Å²) in [5, 5.41) is 4.43. The van der Waals surface area contributed by atoms with Crippen molar-refractivity contribution < 1.29 is 4.79 Å². The third kappa shape index (κ3) is 5.07. The predicted molar refractivity (Wildman–Crippen MR) is 137 cm³/mol. The van der Waals surface area contributed by atoms with E-state index in [1.807, 2.05) is 66.7 Å². The molecule has 0 saturated heterocycles. The highest BCUT2D eigenvalue weighted by atomic mass is 32.2. The Labute approximate surface area is 203 Å². The van der Waals surface area contributed by atoms with E-state index in [-0.39, 0.29) is 11.5 Å². The second-order valence-corrected chi connectivity index (χ2v) is 9.67. The Morgan fingerprint density at radius 1 is 0.912 bits per heavy atom. The molecular formula is C28H27N3O2S. The molecule has 0 bridgehead atoms. The highest BCUT2D eigenvalue weighted by Gasteiger charge is 2.18. The zero-order valence-electron chi connectivity index (χ0n) is 18.9. The van der Waals surface area contributed by atoms with E-state index in [0.29, 0.717) is 34.2 Å². The summed E-state index contributed by atoms with van der Waals surface area (Å²) in [6.45, 7) is 0.401. The van der Waals surface area contributed by atoms with Crippen molar-refractivity contribution in [1.29, 1.82) is 0 Å². The Morgan fingerprint density at radius 2 is 1.62 bits per heavy atom. The number of thioether (sulfide) groups is 1. The summed E-state index contributed by atoms with van der Waals surface area (Å²) in [5.74, 6) is 0.702. The van der Waals surface area contributed by atoms with Crippen LogP contribution in [0.3, 0.4) is 0 Å². The van der Waals surface area contributed by atoms with Crippen LogP contribution in [0.15, 0.2) is 88.8 Å². The van der Waals surface area contributed by atoms with E-state index < -0.39 is 0 Å². The van der Waals surface area contributed by atoms with Gasteiger partial charge in [0.1, 0.15) is 0 Å². The molecule has 1 aromatic heterocycles. The summed E-state index contributed by atoms with van der Waals surface area (Å²) < 4.78 is 1.74. The Morgan fingerprint density at radius 3 is 2.38 bits per heavy atom. The SMILES string of the molecule is O=C(NC1CCCC1)c1ccc(Cn2c(SCc3ccccc3)nc3ccccc3c2=O)cc1. The van der Waals surface area contributed by atoms with Gasteiger partial charge in [0.05, 0.1) is 17.4 Å². The highest BCUT2D eigenvalue weighted by molar-refractivity contribution is 7.98. The summed E-state index contributed by atoms with van der Waals surface area (Å²) in [6, 6.07) is 25.5. The number of carbonyl (C=O) groups excluding carboxylic acids is 1. The predicted octanol–water partition coefficient (Wildman–Crippen LogP) is 5.41. The number of benzene rings is 3. The van der Waals surface area contributed by atoms with Gasteiger partial charge in [-0.2, -0.15) is 0 Å². The maximum atomic E-state index is 13.4. The summed E-state index contributed by atoms with van der Waals surface area (Å²) in [5.41, 5.74) is 3.44. The van der Waals surface area contributed by atoms with Crippen LogP contribution in [0, 0.1) is 0 Å². The van der Waals surface area contributed by atoms with Gasteiger partial charge in [-0.1, -0.05) is 79.2 Å². The number of amides is 1. The molecule has 0 atom stereocenters. The summed E-state index contributed by atoms with van der Waals surface area (Å²) in [7, 11) is 0. The topological polar surface area (TPSA) is 64.0 Å². The lowest BCUT2D eigenvalue weighted by Crippen LogP contribution is -2.32. The summed E-state index contributed by atoms with van der Waals surface area (Å²) in [6.07, 6.45) is 4.49. The molecule has 5 rings (SSSR count). The molecule has 3 aromatic carbocycles. The van der Waals surface area contributed by atoms with Crippen molar-refractivity contribution in [3.63, 3.8) is 0 Å². The third-order valence-corrected chi connectivity index (χ3v) is 7.33. The number of nitrogens with one attached hydrogen (secondary N) is 1. The van der Waals surface area contributed by atoms with Crippen molar-refractivity contribution in [2.45, 2.75) is 49.2 Å². The molecular weight excluding hydrogens is 442 g/mol. The van der Waals surface area contributed by atoms with E-state index in [2.05, 4.69) is 17.4 Å². The fourth-order valence-corrected chi connectivity index (χ4v) is 5.36. The van der Waals surface area contributed by atoms with E-state index in [4.69, 9.17) is 4.98 Å². The Hall–Kier alpha value is -3.38. The average molecular weight is 470 g/mol. The lowest BCUT2D eigenvalue weighted by Gasteiger charge is -2.14. The lowest BCUT2D eigenvalue weighted by atomic mass is 10.1. The third-order valence-electron chi connectivity index (χ3n) is 6.28. The largest absolute Gasteiger partial charge is 0.349 e. The zero-order valence-corrected chi connectivity index (χ0v) is 19.8. The first-order valence-corrected chi connectivity index (χ1v) is 12.7. The van der Waals surface area contributed by atoms with E-state index in [9.17, 15) is 9.59 Å². The van der Waals surface area contributed by atoms with Crippen LogP contribution < -0.4 is 10.9 Å². The molecule has 0 radical (unpaired) electrons. The molecule has 4 aromatic rings. The molecule has 34 heavy (non-hydrogen) atoms. The molecule has 172 valence electrons. The number of hydrogen-bond donors (Lipinski definition) is 1. The van der Waals surface area contributed by atoms with Gasteiger partial charge in [-0.15, -0.1) is 0 Å². The minimum atomic E-state index is -0.0517. The van der Waals surface area contributed by atoms with Crippen LogP contribution in [0.2, 0.25) is 0 Å². The van der Waals surface area contributed by atoms with Gasteiger partial charge in [0.15, 0.2) is 5.16 Å². The Bertz CT molecular complexity index is 1340. The molecule has 1 N–H and O–H groups in total. The summed E-state index contributed by atoms with van der Waals surface area (Å²) in [4.78, 5) is 30.8. The average Bonchev–Trinajstić information content (AvgIpc) is 3.39. The molecule has 1 saturated carbocycles. The Balaban J connectivity index is 1.40. The molecule has 1 amide bonds. The van der Waals surface area contributed by atoms with Crippen LogP contribution in [-0.4, -0.2) is 21.5 Å². The maximum Gasteiger partial charge on any atom is 0.262 e. The van der Waals surface area contributed by atoms with Gasteiger partial charge in [0.2, 0.25) is 0 Å². The fraction of sp³-hybridized carbons (Fsp3) is 0.250. The smallest absolute Gasteiger partial charge is 0.262 e. The number of hydrogen-bond acceptors (Lipinski definition) is 4. The first kappa shape index (κ1) is 22.4. The maximum absolute atomic E-state index is 13.4. The number of aromatic nitrogens is 2. The minimum Gasteiger partial charge on any atom is -0.349 e. The van der Waals surface area contributed by atoms with Crippen LogP contribution >= 0.6 is 11.8 Å². The van der Waals surface area contributed by atoms with E-state index >= 15 is 0 Å². The van der Waals surface area contributed by atoms with Crippen LogP contribution in [0.1, 0.15) is 47.2 Å². The van der Waals surface area contributed by atoms with Gasteiger partial charge in [-0.3, -0.25) is 14.2 Å². The lowest BCUT2D eigenvalue weighted by molar-refractivity contribution is 0.0938. The van der Waals surface area contributed by atoms with Gasteiger partial charge < -0.3 is 5.32 Å². The van der Waals surface area contributed by atoms with Crippen molar-refractivity contribution >= 4 is 28.6 Å². The number of fused-ring (bicyclic) bond motifs is 1. The first-order chi connectivity index (χ1) is 16.7. The monoisotopic (exact) mass is 469 g/mol. The van der Waals surface area contributed by atoms with E-state index in [1.54, 1.807) is 16.3 Å². The van der Waals surface area contributed by atoms with Crippen molar-refractivity contribution in [2.75, 3.05) is 0 Å². The van der Waals surface area contributed by atoms with Crippen LogP contribution in [0.5, 0.6) is 0 Å². The van der Waals surface area contributed by atoms with Crippen molar-refractivity contribution in [1.82, 2.24) is 14.9 Å². The highest BCUT2D eigenvalue weighted by Crippen LogP contribution is 2.23. The molecule has 1 heterocycles.